The maximum atomic E-state index is 5.79. The number of piperazine rings is 1. The number of thioether (sulfide) groups is 1. The fourth-order valence-corrected chi connectivity index (χ4v) is 2.54. The molecule has 96 valence electrons. The molecule has 1 heterocycles. The van der Waals surface area contributed by atoms with Gasteiger partial charge in [0.15, 0.2) is 0 Å². The summed E-state index contributed by atoms with van der Waals surface area (Å²) < 4.78 is 0. The zero-order valence-corrected chi connectivity index (χ0v) is 11.4. The normalized spacial score (nSPS) is 21.2. The van der Waals surface area contributed by atoms with Crippen molar-refractivity contribution in [2.45, 2.75) is 19.4 Å². The summed E-state index contributed by atoms with van der Waals surface area (Å²) in [7, 11) is 2.18. The lowest BCUT2D eigenvalue weighted by Gasteiger charge is -2.35. The quantitative estimate of drug-likeness (QED) is 0.629. The van der Waals surface area contributed by atoms with Crippen LogP contribution in [-0.2, 0) is 0 Å². The van der Waals surface area contributed by atoms with E-state index in [0.717, 1.165) is 32.7 Å². The van der Waals surface area contributed by atoms with Crippen LogP contribution in [0.5, 0.6) is 0 Å². The topological polar surface area (TPSA) is 44.5 Å². The zero-order valence-electron chi connectivity index (χ0n) is 10.6. The molecule has 1 aliphatic heterocycles. The Labute approximate surface area is 104 Å². The average molecular weight is 246 g/mol. The van der Waals surface area contributed by atoms with E-state index in [2.05, 4.69) is 29.3 Å². The first-order valence-corrected chi connectivity index (χ1v) is 7.39. The van der Waals surface area contributed by atoms with Crippen LogP contribution in [0.4, 0.5) is 0 Å². The van der Waals surface area contributed by atoms with Crippen molar-refractivity contribution in [3.63, 3.8) is 0 Å². The van der Waals surface area contributed by atoms with E-state index < -0.39 is 0 Å². The van der Waals surface area contributed by atoms with Crippen molar-refractivity contribution in [1.29, 1.82) is 0 Å². The maximum Gasteiger partial charge on any atom is 0.0345 e. The van der Waals surface area contributed by atoms with E-state index in [-0.39, 0.29) is 0 Å². The molecule has 1 unspecified atom stereocenters. The van der Waals surface area contributed by atoms with E-state index in [4.69, 9.17) is 5.73 Å². The standard InChI is InChI=1S/C11H26N4S/c1-3-16-9-4-11(10-12)13-15-7-5-14(2)6-8-15/h11,13H,3-10,12H2,1-2H3. The van der Waals surface area contributed by atoms with Gasteiger partial charge in [-0.3, -0.25) is 5.43 Å². The van der Waals surface area contributed by atoms with Crippen molar-refractivity contribution in [2.24, 2.45) is 5.73 Å². The van der Waals surface area contributed by atoms with E-state index in [1.54, 1.807) is 0 Å². The second kappa shape index (κ2) is 8.31. The number of hydrogen-bond acceptors (Lipinski definition) is 5. The summed E-state index contributed by atoms with van der Waals surface area (Å²) in [6.45, 7) is 7.44. The summed E-state index contributed by atoms with van der Waals surface area (Å²) >= 11 is 1.99. The molecule has 1 aliphatic rings. The summed E-state index contributed by atoms with van der Waals surface area (Å²) in [4.78, 5) is 2.36. The molecule has 0 aromatic carbocycles. The van der Waals surface area contributed by atoms with Crippen LogP contribution in [0.25, 0.3) is 0 Å². The summed E-state index contributed by atoms with van der Waals surface area (Å²) in [5.41, 5.74) is 9.34. The molecule has 0 amide bonds. The Morgan fingerprint density at radius 2 is 2.00 bits per heavy atom. The number of nitrogens with zero attached hydrogens (tertiary/aromatic N) is 2. The number of likely N-dealkylation sites (N-methyl/N-ethyl adjacent to an activating group) is 1. The molecular formula is C11H26N4S. The first-order valence-electron chi connectivity index (χ1n) is 6.23. The van der Waals surface area contributed by atoms with Crippen LogP contribution >= 0.6 is 11.8 Å². The lowest BCUT2D eigenvalue weighted by atomic mass is 10.2. The molecule has 4 nitrogen and oxygen atoms in total. The Morgan fingerprint density at radius 1 is 1.31 bits per heavy atom. The zero-order chi connectivity index (χ0) is 11.8. The van der Waals surface area contributed by atoms with Gasteiger partial charge in [0, 0.05) is 38.8 Å². The van der Waals surface area contributed by atoms with E-state index in [1.165, 1.54) is 17.9 Å². The minimum atomic E-state index is 0.447. The van der Waals surface area contributed by atoms with Gasteiger partial charge < -0.3 is 10.6 Å². The maximum absolute atomic E-state index is 5.79. The van der Waals surface area contributed by atoms with Gasteiger partial charge in [-0.15, -0.1) is 0 Å². The van der Waals surface area contributed by atoms with Crippen molar-refractivity contribution in [3.8, 4) is 0 Å². The summed E-state index contributed by atoms with van der Waals surface area (Å²) in [5, 5.41) is 2.33. The number of hydrogen-bond donors (Lipinski definition) is 2. The number of rotatable bonds is 7. The molecule has 3 N–H and O–H groups in total. The van der Waals surface area contributed by atoms with Crippen molar-refractivity contribution in [2.75, 3.05) is 51.3 Å². The van der Waals surface area contributed by atoms with Crippen LogP contribution < -0.4 is 11.2 Å². The molecule has 0 bridgehead atoms. The Kier molecular flexibility index (Phi) is 7.40. The molecule has 0 aromatic heterocycles. The van der Waals surface area contributed by atoms with Gasteiger partial charge >= 0.3 is 0 Å². The Morgan fingerprint density at radius 3 is 2.56 bits per heavy atom. The third kappa shape index (κ3) is 5.50. The average Bonchev–Trinajstić information content (AvgIpc) is 2.31. The van der Waals surface area contributed by atoms with Crippen LogP contribution in [0.1, 0.15) is 13.3 Å². The minimum Gasteiger partial charge on any atom is -0.329 e. The fourth-order valence-electron chi connectivity index (χ4n) is 1.80. The molecule has 1 rings (SSSR count). The van der Waals surface area contributed by atoms with Gasteiger partial charge in [0.25, 0.3) is 0 Å². The molecule has 1 atom stereocenters. The second-order valence-corrected chi connectivity index (χ2v) is 5.73. The van der Waals surface area contributed by atoms with Crippen LogP contribution in [0.15, 0.2) is 0 Å². The van der Waals surface area contributed by atoms with E-state index in [9.17, 15) is 0 Å². The summed E-state index contributed by atoms with van der Waals surface area (Å²) in [6.07, 6.45) is 1.17. The lowest BCUT2D eigenvalue weighted by molar-refractivity contribution is 0.0875. The predicted molar refractivity (Wildman–Crippen MR) is 72.7 cm³/mol. The Hall–Kier alpha value is 0.190. The molecule has 0 spiro atoms. The van der Waals surface area contributed by atoms with Crippen molar-refractivity contribution in [1.82, 2.24) is 15.3 Å². The minimum absolute atomic E-state index is 0.447. The van der Waals surface area contributed by atoms with Gasteiger partial charge in [-0.1, -0.05) is 6.92 Å². The largest absolute Gasteiger partial charge is 0.329 e. The van der Waals surface area contributed by atoms with Gasteiger partial charge in [-0.25, -0.2) is 5.01 Å². The first-order chi connectivity index (χ1) is 7.76. The van der Waals surface area contributed by atoms with Crippen LogP contribution in [0, 0.1) is 0 Å². The highest BCUT2D eigenvalue weighted by Crippen LogP contribution is 2.05. The van der Waals surface area contributed by atoms with Gasteiger partial charge in [-0.05, 0) is 25.0 Å². The van der Waals surface area contributed by atoms with E-state index in [1.807, 2.05) is 11.8 Å². The number of hydrazine groups is 1. The summed E-state index contributed by atoms with van der Waals surface area (Å²) in [5.74, 6) is 2.41. The van der Waals surface area contributed by atoms with Crippen molar-refractivity contribution < 1.29 is 0 Å². The highest BCUT2D eigenvalue weighted by molar-refractivity contribution is 7.99. The highest BCUT2D eigenvalue weighted by Gasteiger charge is 2.16. The highest BCUT2D eigenvalue weighted by atomic mass is 32.2. The van der Waals surface area contributed by atoms with Crippen molar-refractivity contribution >= 4 is 11.8 Å². The van der Waals surface area contributed by atoms with Crippen LogP contribution in [0.2, 0.25) is 0 Å². The molecule has 0 radical (unpaired) electrons. The van der Waals surface area contributed by atoms with Gasteiger partial charge in [0.05, 0.1) is 0 Å². The second-order valence-electron chi connectivity index (χ2n) is 4.34. The number of nitrogens with two attached hydrogens (primary N) is 1. The van der Waals surface area contributed by atoms with Gasteiger partial charge in [0.2, 0.25) is 0 Å². The van der Waals surface area contributed by atoms with E-state index >= 15 is 0 Å². The SMILES string of the molecule is CCSCCC(CN)NN1CCN(C)CC1. The molecule has 5 heteroatoms. The van der Waals surface area contributed by atoms with Gasteiger partial charge in [-0.2, -0.15) is 11.8 Å². The molecule has 0 saturated carbocycles. The van der Waals surface area contributed by atoms with Crippen molar-refractivity contribution in [3.05, 3.63) is 0 Å². The Balaban J connectivity index is 2.16. The molecule has 0 aliphatic carbocycles. The molecule has 1 saturated heterocycles. The third-order valence-corrected chi connectivity index (χ3v) is 3.90. The van der Waals surface area contributed by atoms with Crippen LogP contribution in [0.3, 0.4) is 0 Å². The number of nitrogens with one attached hydrogen (secondary N) is 1. The molecule has 16 heavy (non-hydrogen) atoms. The predicted octanol–water partition coefficient (Wildman–Crippen LogP) is 0.209. The monoisotopic (exact) mass is 246 g/mol. The molecular weight excluding hydrogens is 220 g/mol. The molecule has 0 aromatic rings. The first kappa shape index (κ1) is 14.3. The van der Waals surface area contributed by atoms with Gasteiger partial charge in [0.1, 0.15) is 0 Å². The lowest BCUT2D eigenvalue weighted by Crippen LogP contribution is -2.55. The third-order valence-electron chi connectivity index (χ3n) is 2.97. The smallest absolute Gasteiger partial charge is 0.0345 e. The van der Waals surface area contributed by atoms with E-state index in [0.29, 0.717) is 6.04 Å². The van der Waals surface area contributed by atoms with Crippen LogP contribution in [-0.4, -0.2) is 67.2 Å². The Bertz CT molecular complexity index is 171. The molecule has 1 fully saturated rings. The fraction of sp³-hybridized carbons (Fsp3) is 1.00. The summed E-state index contributed by atoms with van der Waals surface area (Å²) in [6, 6.07) is 0.447.